The highest BCUT2D eigenvalue weighted by Gasteiger charge is 2.31. The molecule has 0 aliphatic carbocycles. The Morgan fingerprint density at radius 1 is 1.00 bits per heavy atom. The first kappa shape index (κ1) is 29.9. The molecule has 1 fully saturated rings. The van der Waals surface area contributed by atoms with Crippen LogP contribution in [0.1, 0.15) is 60.9 Å². The fourth-order valence-electron chi connectivity index (χ4n) is 5.71. The largest absolute Gasteiger partial charge is 0.475 e. The van der Waals surface area contributed by atoms with Crippen molar-refractivity contribution in [2.24, 2.45) is 5.41 Å². The van der Waals surface area contributed by atoms with E-state index in [0.717, 1.165) is 52.6 Å². The molecule has 2 aliphatic heterocycles. The summed E-state index contributed by atoms with van der Waals surface area (Å²) in [5.74, 6) is 2.33. The van der Waals surface area contributed by atoms with Gasteiger partial charge >= 0.3 is 0 Å². The molecular formula is C34H39N7O2S. The molecule has 0 saturated carbocycles. The van der Waals surface area contributed by atoms with E-state index in [4.69, 9.17) is 19.7 Å². The Morgan fingerprint density at radius 3 is 2.50 bits per heavy atom. The fourth-order valence-corrected chi connectivity index (χ4v) is 6.34. The van der Waals surface area contributed by atoms with Crippen LogP contribution in [0.25, 0.3) is 11.3 Å². The summed E-state index contributed by atoms with van der Waals surface area (Å²) >= 11 is 1.37. The molecule has 228 valence electrons. The minimum atomic E-state index is -0.272. The molecule has 10 heteroatoms. The Hall–Kier alpha value is -4.18. The molecule has 4 bridgehead atoms. The van der Waals surface area contributed by atoms with Gasteiger partial charge in [0.2, 0.25) is 11.8 Å². The number of fused-ring (bicyclic) bond motifs is 4. The van der Waals surface area contributed by atoms with Gasteiger partial charge in [-0.15, -0.1) is 0 Å². The summed E-state index contributed by atoms with van der Waals surface area (Å²) in [4.78, 5) is 38.4. The number of aromatic nitrogens is 4. The minimum Gasteiger partial charge on any atom is -0.475 e. The van der Waals surface area contributed by atoms with Crippen molar-refractivity contribution in [3.63, 3.8) is 0 Å². The highest BCUT2D eigenvalue weighted by atomic mass is 32.2. The van der Waals surface area contributed by atoms with E-state index in [0.29, 0.717) is 29.6 Å². The van der Waals surface area contributed by atoms with Crippen LogP contribution < -0.4 is 14.4 Å². The molecule has 0 radical (unpaired) electrons. The number of ether oxygens (including phenoxy) is 1. The van der Waals surface area contributed by atoms with Gasteiger partial charge in [0, 0.05) is 41.4 Å². The SMILES string of the molecule is Cc1cccc(C)c1-c1cc2nc(n1)NSc1cccc(c1)C(=O)N(Cc1nccc(N3CCC3)n1)[C@H](CC(C)(C)C)CO2. The highest BCUT2D eigenvalue weighted by molar-refractivity contribution is 8.00. The Labute approximate surface area is 263 Å². The van der Waals surface area contributed by atoms with Crippen LogP contribution in [0.3, 0.4) is 0 Å². The molecule has 4 aromatic rings. The average molecular weight is 610 g/mol. The maximum absolute atomic E-state index is 14.3. The summed E-state index contributed by atoms with van der Waals surface area (Å²) in [5.41, 5.74) is 4.61. The molecule has 0 unspecified atom stereocenters. The predicted octanol–water partition coefficient (Wildman–Crippen LogP) is 6.72. The standard InChI is InChI=1S/C34H39N7O2S/c1-22-9-6-10-23(2)31(22)27-18-30-38-33(36-27)39-44-26-12-7-11-24(17-26)32(42)41(25(21-43-30)19-34(3,4)5)20-28-35-14-13-29(37-28)40-15-8-16-40/h6-7,9-14,17-18,25H,8,15-16,19-21H2,1-5H3,(H,36,38,39)/t25-/m1/s1. The van der Waals surface area contributed by atoms with Crippen LogP contribution in [-0.2, 0) is 6.54 Å². The lowest BCUT2D eigenvalue weighted by Gasteiger charge is -2.36. The van der Waals surface area contributed by atoms with E-state index >= 15 is 0 Å². The van der Waals surface area contributed by atoms with Crippen molar-refractivity contribution in [2.75, 3.05) is 29.3 Å². The van der Waals surface area contributed by atoms with Crippen molar-refractivity contribution in [3.8, 4) is 17.1 Å². The maximum Gasteiger partial charge on any atom is 0.254 e. The second-order valence-corrected chi connectivity index (χ2v) is 13.6. The number of aryl methyl sites for hydroxylation is 2. The van der Waals surface area contributed by atoms with Gasteiger partial charge in [0.15, 0.2) is 0 Å². The lowest BCUT2D eigenvalue weighted by molar-refractivity contribution is 0.0505. The van der Waals surface area contributed by atoms with Crippen molar-refractivity contribution in [2.45, 2.75) is 64.9 Å². The molecule has 1 saturated heterocycles. The van der Waals surface area contributed by atoms with Crippen LogP contribution in [-0.4, -0.2) is 56.5 Å². The Bertz CT molecular complexity index is 1650. The van der Waals surface area contributed by atoms with Gasteiger partial charge in [-0.1, -0.05) is 45.0 Å². The quantitative estimate of drug-likeness (QED) is 0.247. The van der Waals surface area contributed by atoms with Gasteiger partial charge in [-0.25, -0.2) is 15.0 Å². The van der Waals surface area contributed by atoms with E-state index in [1.54, 1.807) is 6.20 Å². The minimum absolute atomic E-state index is 0.0830. The number of anilines is 2. The summed E-state index contributed by atoms with van der Waals surface area (Å²) in [5, 5.41) is 0. The van der Waals surface area contributed by atoms with Gasteiger partial charge < -0.3 is 14.5 Å². The zero-order valence-corrected chi connectivity index (χ0v) is 26.8. The highest BCUT2D eigenvalue weighted by Crippen LogP contribution is 2.32. The number of amides is 1. The van der Waals surface area contributed by atoms with E-state index in [2.05, 4.69) is 67.4 Å². The zero-order valence-electron chi connectivity index (χ0n) is 26.0. The fraction of sp³-hybridized carbons (Fsp3) is 0.382. The van der Waals surface area contributed by atoms with Crippen LogP contribution >= 0.6 is 11.9 Å². The molecule has 2 aromatic heterocycles. The molecule has 44 heavy (non-hydrogen) atoms. The molecule has 0 spiro atoms. The third kappa shape index (κ3) is 6.80. The van der Waals surface area contributed by atoms with Crippen molar-refractivity contribution in [3.05, 3.63) is 83.3 Å². The van der Waals surface area contributed by atoms with Crippen molar-refractivity contribution in [1.82, 2.24) is 24.8 Å². The lowest BCUT2D eigenvalue weighted by atomic mass is 9.87. The van der Waals surface area contributed by atoms with Crippen molar-refractivity contribution in [1.29, 1.82) is 0 Å². The lowest BCUT2D eigenvalue weighted by Crippen LogP contribution is -2.45. The Morgan fingerprint density at radius 2 is 1.77 bits per heavy atom. The van der Waals surface area contributed by atoms with Crippen LogP contribution in [0.5, 0.6) is 5.88 Å². The van der Waals surface area contributed by atoms with Crippen molar-refractivity contribution >= 4 is 29.6 Å². The van der Waals surface area contributed by atoms with E-state index < -0.39 is 0 Å². The third-order valence-electron chi connectivity index (χ3n) is 7.94. The molecular weight excluding hydrogens is 570 g/mol. The van der Waals surface area contributed by atoms with Crippen LogP contribution in [0.15, 0.2) is 65.7 Å². The van der Waals surface area contributed by atoms with Crippen LogP contribution in [0, 0.1) is 19.3 Å². The number of benzene rings is 2. The summed E-state index contributed by atoms with van der Waals surface area (Å²) in [6.07, 6.45) is 3.66. The van der Waals surface area contributed by atoms with E-state index in [-0.39, 0.29) is 30.5 Å². The summed E-state index contributed by atoms with van der Waals surface area (Å²) in [7, 11) is 0. The normalized spacial score (nSPS) is 17.0. The molecule has 1 N–H and O–H groups in total. The molecule has 2 aliphatic rings. The third-order valence-corrected chi connectivity index (χ3v) is 8.71. The number of nitrogens with one attached hydrogen (secondary N) is 1. The number of hydrogen-bond donors (Lipinski definition) is 1. The number of carbonyl (C=O) groups is 1. The number of hydrogen-bond acceptors (Lipinski definition) is 9. The molecule has 4 heterocycles. The van der Waals surface area contributed by atoms with Crippen LogP contribution in [0.4, 0.5) is 11.8 Å². The summed E-state index contributed by atoms with van der Waals surface area (Å²) < 4.78 is 9.77. The smallest absolute Gasteiger partial charge is 0.254 e. The molecule has 9 nitrogen and oxygen atoms in total. The summed E-state index contributed by atoms with van der Waals surface area (Å²) in [6, 6.07) is 17.4. The van der Waals surface area contributed by atoms with E-state index in [9.17, 15) is 4.79 Å². The Balaban J connectivity index is 1.42. The van der Waals surface area contributed by atoms with E-state index in [1.807, 2.05) is 41.3 Å². The predicted molar refractivity (Wildman–Crippen MR) is 175 cm³/mol. The van der Waals surface area contributed by atoms with Gasteiger partial charge in [0.1, 0.15) is 18.2 Å². The molecule has 1 amide bonds. The van der Waals surface area contributed by atoms with Gasteiger partial charge in [0.05, 0.1) is 18.3 Å². The second-order valence-electron chi connectivity index (χ2n) is 12.7. The zero-order chi connectivity index (χ0) is 30.8. The first-order valence-electron chi connectivity index (χ1n) is 15.1. The molecule has 1 atom stereocenters. The maximum atomic E-state index is 14.3. The Kier molecular flexibility index (Phi) is 8.44. The van der Waals surface area contributed by atoms with E-state index in [1.165, 1.54) is 11.9 Å². The number of carbonyl (C=O) groups excluding carboxylic acids is 1. The second kappa shape index (κ2) is 12.4. The van der Waals surface area contributed by atoms with Crippen LogP contribution in [0.2, 0.25) is 0 Å². The average Bonchev–Trinajstić information content (AvgIpc) is 2.95. The number of rotatable bonds is 5. The van der Waals surface area contributed by atoms with Crippen molar-refractivity contribution < 1.29 is 9.53 Å². The molecule has 2 aromatic carbocycles. The monoisotopic (exact) mass is 609 g/mol. The first-order chi connectivity index (χ1) is 21.1. The number of nitrogens with zero attached hydrogens (tertiary/aromatic N) is 6. The van der Waals surface area contributed by atoms with Gasteiger partial charge in [0.25, 0.3) is 5.91 Å². The first-order valence-corrected chi connectivity index (χ1v) is 15.9. The topological polar surface area (TPSA) is 96.4 Å². The molecule has 6 rings (SSSR count). The van der Waals surface area contributed by atoms with Gasteiger partial charge in [-0.3, -0.25) is 9.52 Å². The van der Waals surface area contributed by atoms with Gasteiger partial charge in [-0.2, -0.15) is 4.98 Å². The summed E-state index contributed by atoms with van der Waals surface area (Å²) in [6.45, 7) is 13.2. The van der Waals surface area contributed by atoms with Gasteiger partial charge in [-0.05, 0) is 79.4 Å².